The van der Waals surface area contributed by atoms with Crippen LogP contribution in [0.25, 0.3) is 0 Å². The van der Waals surface area contributed by atoms with E-state index in [9.17, 15) is 17.6 Å². The Balaban J connectivity index is 2.25. The van der Waals surface area contributed by atoms with Gasteiger partial charge in [0.05, 0.1) is 5.56 Å². The Labute approximate surface area is 128 Å². The summed E-state index contributed by atoms with van der Waals surface area (Å²) in [6, 6.07) is 9.20. The van der Waals surface area contributed by atoms with Crippen LogP contribution in [0.2, 0.25) is 0 Å². The molecule has 1 nitrogen and oxygen atoms in total. The van der Waals surface area contributed by atoms with Crippen LogP contribution >= 0.6 is 15.9 Å². The average Bonchev–Trinajstić information content (AvgIpc) is 2.37. The molecule has 0 heterocycles. The van der Waals surface area contributed by atoms with Crippen molar-refractivity contribution in [2.75, 3.05) is 5.32 Å². The maximum absolute atomic E-state index is 13.2. The topological polar surface area (TPSA) is 12.0 Å². The fourth-order valence-corrected chi connectivity index (χ4v) is 2.44. The van der Waals surface area contributed by atoms with Gasteiger partial charge in [-0.25, -0.2) is 4.39 Å². The van der Waals surface area contributed by atoms with Crippen molar-refractivity contribution in [3.05, 3.63) is 63.9 Å². The van der Waals surface area contributed by atoms with Gasteiger partial charge in [-0.15, -0.1) is 0 Å². The van der Waals surface area contributed by atoms with Gasteiger partial charge in [-0.05, 0) is 42.8 Å². The van der Waals surface area contributed by atoms with Crippen LogP contribution in [0.15, 0.2) is 46.9 Å². The van der Waals surface area contributed by atoms with Crippen molar-refractivity contribution in [1.82, 2.24) is 0 Å². The molecule has 0 aliphatic heterocycles. The highest BCUT2D eigenvalue weighted by Crippen LogP contribution is 2.34. The van der Waals surface area contributed by atoms with Gasteiger partial charge in [0.25, 0.3) is 0 Å². The summed E-state index contributed by atoms with van der Waals surface area (Å²) in [6.07, 6.45) is -4.41. The molecule has 2 aromatic rings. The fraction of sp³-hybridized carbons (Fsp3) is 0.200. The van der Waals surface area contributed by atoms with E-state index in [1.54, 1.807) is 25.1 Å². The van der Waals surface area contributed by atoms with Crippen LogP contribution in [0.3, 0.4) is 0 Å². The first-order valence-corrected chi connectivity index (χ1v) is 6.95. The smallest absolute Gasteiger partial charge is 0.378 e. The molecule has 0 amide bonds. The monoisotopic (exact) mass is 361 g/mol. The lowest BCUT2D eigenvalue weighted by molar-refractivity contribution is -0.137. The van der Waals surface area contributed by atoms with Gasteiger partial charge in [0.2, 0.25) is 0 Å². The van der Waals surface area contributed by atoms with Crippen molar-refractivity contribution in [2.24, 2.45) is 0 Å². The van der Waals surface area contributed by atoms with E-state index in [0.29, 0.717) is 15.7 Å². The highest BCUT2D eigenvalue weighted by atomic mass is 79.9. The molecule has 0 aliphatic carbocycles. The van der Waals surface area contributed by atoms with Gasteiger partial charge in [-0.1, -0.05) is 28.1 Å². The van der Waals surface area contributed by atoms with E-state index >= 15 is 0 Å². The number of benzene rings is 2. The Morgan fingerprint density at radius 3 is 2.43 bits per heavy atom. The minimum atomic E-state index is -4.41. The Morgan fingerprint density at radius 2 is 1.81 bits per heavy atom. The van der Waals surface area contributed by atoms with Crippen LogP contribution in [-0.2, 0) is 6.18 Å². The number of hydrogen-bond acceptors (Lipinski definition) is 1. The van der Waals surface area contributed by atoms with E-state index < -0.39 is 11.7 Å². The zero-order valence-corrected chi connectivity index (χ0v) is 12.6. The Kier molecular flexibility index (Phi) is 4.56. The molecule has 112 valence electrons. The third kappa shape index (κ3) is 4.20. The van der Waals surface area contributed by atoms with Crippen molar-refractivity contribution in [3.63, 3.8) is 0 Å². The number of rotatable bonds is 3. The standard InChI is InChI=1S/C15H12BrF4N/c1-9(10-3-2-4-13(17)5-10)21-14-7-11(15(18,19)20)6-12(16)8-14/h2-9,21H,1H3. The molecule has 1 unspecified atom stereocenters. The summed E-state index contributed by atoms with van der Waals surface area (Å²) in [5, 5.41) is 2.94. The van der Waals surface area contributed by atoms with Gasteiger partial charge in [-0.3, -0.25) is 0 Å². The molecule has 1 atom stereocenters. The zero-order chi connectivity index (χ0) is 15.6. The molecule has 0 saturated carbocycles. The third-order valence-electron chi connectivity index (χ3n) is 2.96. The highest BCUT2D eigenvalue weighted by molar-refractivity contribution is 9.10. The van der Waals surface area contributed by atoms with E-state index in [1.165, 1.54) is 12.1 Å². The van der Waals surface area contributed by atoms with Crippen molar-refractivity contribution >= 4 is 21.6 Å². The summed E-state index contributed by atoms with van der Waals surface area (Å²) in [7, 11) is 0. The number of halogens is 5. The number of alkyl halides is 3. The SMILES string of the molecule is CC(Nc1cc(Br)cc(C(F)(F)F)c1)c1cccc(F)c1. The van der Waals surface area contributed by atoms with Crippen LogP contribution in [0.1, 0.15) is 24.1 Å². The second-order valence-electron chi connectivity index (χ2n) is 4.65. The van der Waals surface area contributed by atoms with E-state index in [4.69, 9.17) is 0 Å². The van der Waals surface area contributed by atoms with Gasteiger partial charge in [0.1, 0.15) is 5.82 Å². The average molecular weight is 362 g/mol. The van der Waals surface area contributed by atoms with Crippen LogP contribution < -0.4 is 5.32 Å². The van der Waals surface area contributed by atoms with Crippen molar-refractivity contribution in [1.29, 1.82) is 0 Å². The van der Waals surface area contributed by atoms with Gasteiger partial charge in [0.15, 0.2) is 0 Å². The molecule has 0 saturated heterocycles. The largest absolute Gasteiger partial charge is 0.416 e. The molecule has 6 heteroatoms. The summed E-state index contributed by atoms with van der Waals surface area (Å²) >= 11 is 3.06. The second kappa shape index (κ2) is 6.05. The first-order chi connectivity index (χ1) is 9.75. The van der Waals surface area contributed by atoms with E-state index in [-0.39, 0.29) is 11.9 Å². The predicted octanol–water partition coefficient (Wildman–Crippen LogP) is 5.78. The Morgan fingerprint density at radius 1 is 1.10 bits per heavy atom. The maximum atomic E-state index is 13.2. The van der Waals surface area contributed by atoms with Crippen LogP contribution in [0.5, 0.6) is 0 Å². The van der Waals surface area contributed by atoms with Crippen LogP contribution in [0, 0.1) is 5.82 Å². The molecule has 2 rings (SSSR count). The summed E-state index contributed by atoms with van der Waals surface area (Å²) in [5.74, 6) is -0.383. The lowest BCUT2D eigenvalue weighted by Gasteiger charge is -2.17. The molecule has 0 aliphatic rings. The summed E-state index contributed by atoms with van der Waals surface area (Å²) in [6.45, 7) is 1.75. The van der Waals surface area contributed by atoms with Crippen LogP contribution in [-0.4, -0.2) is 0 Å². The molecule has 1 N–H and O–H groups in total. The first-order valence-electron chi connectivity index (χ1n) is 6.15. The van der Waals surface area contributed by atoms with Crippen LogP contribution in [0.4, 0.5) is 23.2 Å². The summed E-state index contributed by atoms with van der Waals surface area (Å²) in [5.41, 5.74) is 0.225. The normalized spacial score (nSPS) is 13.0. The summed E-state index contributed by atoms with van der Waals surface area (Å²) in [4.78, 5) is 0. The highest BCUT2D eigenvalue weighted by Gasteiger charge is 2.31. The van der Waals surface area contributed by atoms with Crippen molar-refractivity contribution < 1.29 is 17.6 Å². The molecule has 0 fully saturated rings. The lowest BCUT2D eigenvalue weighted by atomic mass is 10.1. The molecule has 0 spiro atoms. The predicted molar refractivity (Wildman–Crippen MR) is 77.6 cm³/mol. The fourth-order valence-electron chi connectivity index (χ4n) is 1.95. The minimum absolute atomic E-state index is 0.313. The third-order valence-corrected chi connectivity index (χ3v) is 3.41. The number of hydrogen-bond donors (Lipinski definition) is 1. The van der Waals surface area contributed by atoms with E-state index in [0.717, 1.165) is 12.1 Å². The van der Waals surface area contributed by atoms with Gasteiger partial charge in [0, 0.05) is 16.2 Å². The summed E-state index contributed by atoms with van der Waals surface area (Å²) < 4.78 is 51.8. The first kappa shape index (κ1) is 15.8. The molecule has 21 heavy (non-hydrogen) atoms. The Bertz CT molecular complexity index is 640. The number of anilines is 1. The van der Waals surface area contributed by atoms with Gasteiger partial charge in [-0.2, -0.15) is 13.2 Å². The molecular formula is C15H12BrF4N. The molecular weight excluding hydrogens is 350 g/mol. The van der Waals surface area contributed by atoms with E-state index in [1.807, 2.05) is 0 Å². The minimum Gasteiger partial charge on any atom is -0.378 e. The van der Waals surface area contributed by atoms with Gasteiger partial charge >= 0.3 is 6.18 Å². The van der Waals surface area contributed by atoms with Crippen molar-refractivity contribution in [2.45, 2.75) is 19.1 Å². The molecule has 0 aromatic heterocycles. The molecule has 0 radical (unpaired) electrons. The second-order valence-corrected chi connectivity index (χ2v) is 5.56. The van der Waals surface area contributed by atoms with E-state index in [2.05, 4.69) is 21.2 Å². The van der Waals surface area contributed by atoms with Crippen molar-refractivity contribution in [3.8, 4) is 0 Å². The molecule has 0 bridgehead atoms. The Hall–Kier alpha value is -1.56. The quantitative estimate of drug-likeness (QED) is 0.683. The molecule has 2 aromatic carbocycles. The van der Waals surface area contributed by atoms with Gasteiger partial charge < -0.3 is 5.32 Å². The maximum Gasteiger partial charge on any atom is 0.416 e. The zero-order valence-electron chi connectivity index (χ0n) is 11.0. The number of nitrogens with one attached hydrogen (secondary N) is 1. The lowest BCUT2D eigenvalue weighted by Crippen LogP contribution is -2.09.